The SMILES string of the molecule is [2H]C([2H])C([2H])([2H])C([2H])([2H])OS(=O)(=O)c1ccc(C)cc1. The molecule has 0 radical (unpaired) electrons. The van der Waals surface area contributed by atoms with Crippen molar-refractivity contribution in [2.75, 3.05) is 6.56 Å². The molecular weight excluding hydrogens is 200 g/mol. The van der Waals surface area contributed by atoms with Crippen LogP contribution in [0.4, 0.5) is 0 Å². The second-order valence-electron chi connectivity index (χ2n) is 2.60. The summed E-state index contributed by atoms with van der Waals surface area (Å²) in [7, 11) is -4.53. The van der Waals surface area contributed by atoms with E-state index in [1.54, 1.807) is 6.92 Å². The molecule has 0 saturated heterocycles. The van der Waals surface area contributed by atoms with E-state index in [4.69, 9.17) is 8.22 Å². The molecule has 0 amide bonds. The molecule has 0 N–H and O–H groups in total. The third-order valence-electron chi connectivity index (χ3n) is 1.52. The van der Waals surface area contributed by atoms with E-state index in [1.165, 1.54) is 24.3 Å². The van der Waals surface area contributed by atoms with Crippen molar-refractivity contribution >= 4 is 10.1 Å². The molecule has 78 valence electrons. The van der Waals surface area contributed by atoms with Crippen LogP contribution in [0.15, 0.2) is 29.2 Å². The lowest BCUT2D eigenvalue weighted by Crippen LogP contribution is -2.06. The van der Waals surface area contributed by atoms with Crippen LogP contribution in [0.5, 0.6) is 0 Å². The second-order valence-corrected chi connectivity index (χ2v) is 4.14. The zero-order chi connectivity index (χ0) is 15.8. The molecule has 3 nitrogen and oxygen atoms in total. The van der Waals surface area contributed by atoms with Crippen LogP contribution in [0.1, 0.15) is 27.0 Å². The first-order chi connectivity index (χ1) is 8.90. The quantitative estimate of drug-likeness (QED) is 0.730. The Kier molecular flexibility index (Phi) is 1.72. The number of rotatable bonds is 4. The van der Waals surface area contributed by atoms with Gasteiger partial charge in [-0.25, -0.2) is 0 Å². The van der Waals surface area contributed by atoms with E-state index in [9.17, 15) is 8.42 Å². The fourth-order valence-electron chi connectivity index (χ4n) is 0.832. The third kappa shape index (κ3) is 2.82. The molecular formula is C10H14O3S. The zero-order valence-corrected chi connectivity index (χ0v) is 8.34. The Balaban J connectivity index is 3.10. The Hall–Kier alpha value is -0.870. The maximum absolute atomic E-state index is 11.9. The Morgan fingerprint density at radius 1 is 1.43 bits per heavy atom. The molecule has 4 heteroatoms. The number of hydrogen-bond donors (Lipinski definition) is 0. The fraction of sp³-hybridized carbons (Fsp3) is 0.400. The molecule has 0 saturated carbocycles. The zero-order valence-electron chi connectivity index (χ0n) is 13.5. The van der Waals surface area contributed by atoms with Gasteiger partial charge in [0.1, 0.15) is 0 Å². The van der Waals surface area contributed by atoms with Gasteiger partial charge in [0, 0.05) is 5.48 Å². The standard InChI is InChI=1S/C10H14O3S/c1-3-8-13-14(11,12)10-6-4-9(2)5-7-10/h4-7H,3,8H2,1-2H3/i1D2,3D2,8D2. The van der Waals surface area contributed by atoms with Gasteiger partial charge in [0.05, 0.1) is 14.2 Å². The largest absolute Gasteiger partial charge is 0.296 e. The van der Waals surface area contributed by atoms with Gasteiger partial charge in [0.25, 0.3) is 10.1 Å². The third-order valence-corrected chi connectivity index (χ3v) is 2.67. The molecule has 0 aliphatic carbocycles. The van der Waals surface area contributed by atoms with Crippen molar-refractivity contribution in [3.05, 3.63) is 29.8 Å². The van der Waals surface area contributed by atoms with Gasteiger partial charge in [0.2, 0.25) is 0 Å². The minimum atomic E-state index is -4.53. The monoisotopic (exact) mass is 220 g/mol. The molecule has 0 heterocycles. The van der Waals surface area contributed by atoms with E-state index >= 15 is 0 Å². The summed E-state index contributed by atoms with van der Waals surface area (Å²) < 4.78 is 71.2. The topological polar surface area (TPSA) is 43.4 Å². The average molecular weight is 220 g/mol. The maximum Gasteiger partial charge on any atom is 0.296 e. The molecule has 0 aromatic heterocycles. The highest BCUT2D eigenvalue weighted by molar-refractivity contribution is 7.86. The molecule has 0 unspecified atom stereocenters. The van der Waals surface area contributed by atoms with Crippen molar-refractivity contribution < 1.29 is 20.8 Å². The molecule has 0 atom stereocenters. The summed E-state index contributed by atoms with van der Waals surface area (Å²) >= 11 is 0. The van der Waals surface area contributed by atoms with Crippen LogP contribution in [0, 0.1) is 6.92 Å². The summed E-state index contributed by atoms with van der Waals surface area (Å²) in [6.07, 6.45) is -3.11. The maximum atomic E-state index is 11.9. The van der Waals surface area contributed by atoms with Gasteiger partial charge in [-0.3, -0.25) is 4.18 Å². The van der Waals surface area contributed by atoms with Crippen molar-refractivity contribution in [3.63, 3.8) is 0 Å². The number of hydrogen-bond acceptors (Lipinski definition) is 3. The van der Waals surface area contributed by atoms with E-state index in [-0.39, 0.29) is 4.90 Å². The van der Waals surface area contributed by atoms with Gasteiger partial charge in [-0.1, -0.05) is 24.6 Å². The first-order valence-electron chi connectivity index (χ1n) is 6.92. The van der Waals surface area contributed by atoms with E-state index in [0.717, 1.165) is 5.56 Å². The van der Waals surface area contributed by atoms with Crippen LogP contribution in [-0.2, 0) is 14.3 Å². The Labute approximate surface area is 93.3 Å². The smallest absolute Gasteiger partial charge is 0.266 e. The highest BCUT2D eigenvalue weighted by atomic mass is 32.2. The van der Waals surface area contributed by atoms with Gasteiger partial charge >= 0.3 is 0 Å². The summed E-state index contributed by atoms with van der Waals surface area (Å²) in [5.74, 6) is 0. The van der Waals surface area contributed by atoms with E-state index in [2.05, 4.69) is 4.18 Å². The predicted molar refractivity (Wildman–Crippen MR) is 54.6 cm³/mol. The molecule has 14 heavy (non-hydrogen) atoms. The molecule has 0 spiro atoms. The van der Waals surface area contributed by atoms with Crippen LogP contribution in [-0.4, -0.2) is 15.0 Å². The normalized spacial score (nSPS) is 20.1. The predicted octanol–water partition coefficient (Wildman–Crippen LogP) is 2.11. The molecule has 0 fully saturated rings. The minimum Gasteiger partial charge on any atom is -0.266 e. The van der Waals surface area contributed by atoms with Crippen molar-refractivity contribution in [1.29, 1.82) is 0 Å². The lowest BCUT2D eigenvalue weighted by molar-refractivity contribution is 0.318. The van der Waals surface area contributed by atoms with Gasteiger partial charge in [0.15, 0.2) is 0 Å². The molecule has 0 aliphatic rings. The van der Waals surface area contributed by atoms with Crippen LogP contribution in [0.25, 0.3) is 0 Å². The summed E-state index contributed by atoms with van der Waals surface area (Å²) in [6.45, 7) is -3.84. The highest BCUT2D eigenvalue weighted by Gasteiger charge is 2.13. The molecule has 1 aromatic rings. The van der Waals surface area contributed by atoms with Gasteiger partial charge in [-0.2, -0.15) is 8.42 Å². The lowest BCUT2D eigenvalue weighted by Gasteiger charge is -2.04. The summed E-state index contributed by atoms with van der Waals surface area (Å²) in [5, 5.41) is 0. The van der Waals surface area contributed by atoms with Crippen LogP contribution in [0.2, 0.25) is 0 Å². The summed E-state index contributed by atoms with van der Waals surface area (Å²) in [6, 6.07) is 5.38. The van der Waals surface area contributed by atoms with Crippen molar-refractivity contribution in [1.82, 2.24) is 0 Å². The Bertz CT molecular complexity index is 567. The van der Waals surface area contributed by atoms with Gasteiger partial charge in [-0.15, -0.1) is 0 Å². The molecule has 0 bridgehead atoms. The van der Waals surface area contributed by atoms with Crippen LogP contribution in [0.3, 0.4) is 0 Å². The second kappa shape index (κ2) is 4.57. The summed E-state index contributed by atoms with van der Waals surface area (Å²) in [4.78, 5) is -0.325. The van der Waals surface area contributed by atoms with E-state index in [1.807, 2.05) is 0 Å². The van der Waals surface area contributed by atoms with Gasteiger partial charge in [-0.05, 0) is 25.4 Å². The highest BCUT2D eigenvalue weighted by Crippen LogP contribution is 2.13. The van der Waals surface area contributed by atoms with E-state index in [0.29, 0.717) is 0 Å². The first kappa shape index (κ1) is 5.28. The van der Waals surface area contributed by atoms with Crippen molar-refractivity contribution in [2.45, 2.75) is 25.1 Å². The Morgan fingerprint density at radius 3 is 2.64 bits per heavy atom. The van der Waals surface area contributed by atoms with E-state index < -0.39 is 29.9 Å². The van der Waals surface area contributed by atoms with Crippen molar-refractivity contribution in [2.24, 2.45) is 0 Å². The first-order valence-corrected chi connectivity index (χ1v) is 5.18. The molecule has 0 aliphatic heterocycles. The lowest BCUT2D eigenvalue weighted by atomic mass is 10.2. The minimum absolute atomic E-state index is 0.325. The molecule has 1 aromatic carbocycles. The van der Waals surface area contributed by atoms with Crippen LogP contribution < -0.4 is 0 Å². The summed E-state index contributed by atoms with van der Waals surface area (Å²) in [5.41, 5.74) is 0.791. The number of benzene rings is 1. The fourth-order valence-corrected chi connectivity index (χ4v) is 1.56. The van der Waals surface area contributed by atoms with Crippen molar-refractivity contribution in [3.8, 4) is 0 Å². The van der Waals surface area contributed by atoms with Gasteiger partial charge < -0.3 is 0 Å². The Morgan fingerprint density at radius 2 is 2.07 bits per heavy atom. The average Bonchev–Trinajstić information content (AvgIpc) is 2.27. The number of aryl methyl sites for hydroxylation is 1. The van der Waals surface area contributed by atoms with Crippen LogP contribution >= 0.6 is 0 Å². The molecule has 1 rings (SSSR count).